The molecule has 2 aromatic rings. The number of hydrogen-bond acceptors (Lipinski definition) is 6. The summed E-state index contributed by atoms with van der Waals surface area (Å²) in [6.07, 6.45) is 2.75. The molecule has 0 saturated carbocycles. The molecule has 0 aliphatic carbocycles. The van der Waals surface area contributed by atoms with Crippen LogP contribution in [0.3, 0.4) is 0 Å². The minimum Gasteiger partial charge on any atom is -0.414 e. The van der Waals surface area contributed by atoms with Crippen LogP contribution in [-0.4, -0.2) is 59.1 Å². The molecule has 2 heterocycles. The molecule has 5 nitrogen and oxygen atoms in total. The lowest BCUT2D eigenvalue weighted by molar-refractivity contribution is 0.118. The fourth-order valence-corrected chi connectivity index (χ4v) is 3.21. The van der Waals surface area contributed by atoms with Crippen LogP contribution in [0.25, 0.3) is 0 Å². The zero-order valence-corrected chi connectivity index (χ0v) is 15.2. The van der Waals surface area contributed by atoms with E-state index in [1.165, 1.54) is 10.5 Å². The third-order valence-electron chi connectivity index (χ3n) is 4.09. The lowest BCUT2D eigenvalue weighted by Crippen LogP contribution is -2.45. The second-order valence-corrected chi connectivity index (χ2v) is 7.08. The van der Waals surface area contributed by atoms with Crippen LogP contribution in [0.2, 0.25) is 0 Å². The van der Waals surface area contributed by atoms with E-state index in [0.717, 1.165) is 26.2 Å². The van der Waals surface area contributed by atoms with Gasteiger partial charge in [-0.1, -0.05) is 12.1 Å². The average Bonchev–Trinajstić information content (AvgIpc) is 2.90. The topological polar surface area (TPSA) is 37.4 Å². The Morgan fingerprint density at radius 2 is 1.87 bits per heavy atom. The highest BCUT2D eigenvalue weighted by Gasteiger charge is 2.16. The molecule has 0 unspecified atom stereocenters. The zero-order chi connectivity index (χ0) is 16.2. The molecule has 0 N–H and O–H groups in total. The van der Waals surface area contributed by atoms with Gasteiger partial charge in [0.05, 0.1) is 13.1 Å². The van der Waals surface area contributed by atoms with Crippen molar-refractivity contribution < 1.29 is 4.42 Å². The summed E-state index contributed by atoms with van der Waals surface area (Å²) in [4.78, 5) is 6.41. The third-order valence-corrected chi connectivity index (χ3v) is 5.13. The van der Waals surface area contributed by atoms with Gasteiger partial charge in [-0.15, -0.1) is 16.9 Å². The van der Waals surface area contributed by atoms with Crippen LogP contribution in [-0.2, 0) is 13.1 Å². The van der Waals surface area contributed by atoms with Gasteiger partial charge in [-0.25, -0.2) is 4.68 Å². The van der Waals surface area contributed by atoms with Crippen molar-refractivity contribution in [3.05, 3.63) is 40.6 Å². The van der Waals surface area contributed by atoms with E-state index in [-0.39, 0.29) is 0 Å². The highest BCUT2D eigenvalue weighted by Crippen LogP contribution is 2.17. The second-order valence-electron chi connectivity index (χ2n) is 5.85. The number of rotatable bonds is 5. The van der Waals surface area contributed by atoms with Crippen molar-refractivity contribution in [1.82, 2.24) is 19.6 Å². The Hall–Kier alpha value is -1.15. The van der Waals surface area contributed by atoms with Crippen molar-refractivity contribution in [2.45, 2.75) is 18.0 Å². The first-order chi connectivity index (χ1) is 11.1. The zero-order valence-electron chi connectivity index (χ0n) is 13.6. The molecule has 3 rings (SSSR count). The molecule has 7 heteroatoms. The number of likely N-dealkylation sites (N-methyl/N-ethyl adjacent to an activating group) is 1. The summed E-state index contributed by atoms with van der Waals surface area (Å²) in [5, 5.41) is 4.55. The van der Waals surface area contributed by atoms with Gasteiger partial charge in [0, 0.05) is 31.1 Å². The highest BCUT2D eigenvalue weighted by molar-refractivity contribution is 7.98. The molecular formula is C16H22N4OS2. The van der Waals surface area contributed by atoms with Crippen molar-refractivity contribution in [2.75, 3.05) is 39.5 Å². The Morgan fingerprint density at radius 3 is 2.52 bits per heavy atom. The van der Waals surface area contributed by atoms with Crippen LogP contribution in [0.5, 0.6) is 0 Å². The van der Waals surface area contributed by atoms with Gasteiger partial charge in [0.1, 0.15) is 0 Å². The van der Waals surface area contributed by atoms with Gasteiger partial charge in [0.2, 0.25) is 5.89 Å². The van der Waals surface area contributed by atoms with Gasteiger partial charge < -0.3 is 9.32 Å². The lowest BCUT2D eigenvalue weighted by Gasteiger charge is -2.31. The summed E-state index contributed by atoms with van der Waals surface area (Å²) in [7, 11) is 2.15. The van der Waals surface area contributed by atoms with Crippen molar-refractivity contribution >= 4 is 24.0 Å². The Labute approximate surface area is 146 Å². The Morgan fingerprint density at radius 1 is 1.17 bits per heavy atom. The number of thioether (sulfide) groups is 1. The molecule has 1 saturated heterocycles. The van der Waals surface area contributed by atoms with Gasteiger partial charge >= 0.3 is 0 Å². The summed E-state index contributed by atoms with van der Waals surface area (Å²) in [5.41, 5.74) is 1.19. The summed E-state index contributed by atoms with van der Waals surface area (Å²) in [5.74, 6) is 0.682. The number of nitrogens with zero attached hydrogens (tertiary/aromatic N) is 4. The fourth-order valence-electron chi connectivity index (χ4n) is 2.61. The van der Waals surface area contributed by atoms with E-state index >= 15 is 0 Å². The van der Waals surface area contributed by atoms with E-state index < -0.39 is 0 Å². The van der Waals surface area contributed by atoms with Crippen molar-refractivity contribution in [3.63, 3.8) is 0 Å². The maximum Gasteiger partial charge on any atom is 0.288 e. The van der Waals surface area contributed by atoms with Gasteiger partial charge in [-0.2, -0.15) is 0 Å². The Kier molecular flexibility index (Phi) is 5.53. The number of hydrogen-bond donors (Lipinski definition) is 0. The molecule has 1 aliphatic rings. The molecular weight excluding hydrogens is 328 g/mol. The molecule has 1 aliphatic heterocycles. The quantitative estimate of drug-likeness (QED) is 0.610. The van der Waals surface area contributed by atoms with Gasteiger partial charge in [0.15, 0.2) is 0 Å². The van der Waals surface area contributed by atoms with Gasteiger partial charge in [-0.3, -0.25) is 4.90 Å². The number of aromatic nitrogens is 2. The van der Waals surface area contributed by atoms with E-state index in [2.05, 4.69) is 52.5 Å². The van der Waals surface area contributed by atoms with Gasteiger partial charge in [0.25, 0.3) is 4.84 Å². The molecule has 1 fully saturated rings. The van der Waals surface area contributed by atoms with Crippen LogP contribution in [0.1, 0.15) is 11.5 Å². The average molecular weight is 351 g/mol. The van der Waals surface area contributed by atoms with E-state index in [4.69, 9.17) is 16.6 Å². The van der Waals surface area contributed by atoms with Crippen LogP contribution in [0.4, 0.5) is 0 Å². The normalized spacial score (nSPS) is 16.8. The van der Waals surface area contributed by atoms with E-state index in [1.807, 2.05) is 0 Å². The molecule has 0 bridgehead atoms. The molecule has 0 amide bonds. The predicted molar refractivity (Wildman–Crippen MR) is 95.4 cm³/mol. The molecule has 124 valence electrons. The number of piperazine rings is 1. The molecule has 0 spiro atoms. The number of benzene rings is 1. The second kappa shape index (κ2) is 7.61. The standard InChI is InChI=1S/C16H22N4OS2/c1-18-7-9-19(10-8-18)12-20-16(22)21-15(17-20)11-13-3-5-14(23-2)6-4-13/h3-6H,7-12H2,1-2H3. The fraction of sp³-hybridized carbons (Fsp3) is 0.500. The predicted octanol–water partition coefficient (Wildman–Crippen LogP) is 2.72. The molecule has 23 heavy (non-hydrogen) atoms. The van der Waals surface area contributed by atoms with E-state index in [1.54, 1.807) is 16.4 Å². The first-order valence-electron chi connectivity index (χ1n) is 7.75. The van der Waals surface area contributed by atoms with E-state index in [0.29, 0.717) is 23.8 Å². The maximum atomic E-state index is 5.66. The summed E-state index contributed by atoms with van der Waals surface area (Å²) < 4.78 is 7.46. The molecule has 0 atom stereocenters. The van der Waals surface area contributed by atoms with Crippen molar-refractivity contribution in [2.24, 2.45) is 0 Å². The first-order valence-corrected chi connectivity index (χ1v) is 9.38. The monoisotopic (exact) mass is 350 g/mol. The Bertz CT molecular complexity index is 687. The first kappa shape index (κ1) is 16.7. The molecule has 1 aromatic heterocycles. The minimum atomic E-state index is 0.458. The minimum absolute atomic E-state index is 0.458. The van der Waals surface area contributed by atoms with Crippen molar-refractivity contribution in [1.29, 1.82) is 0 Å². The smallest absolute Gasteiger partial charge is 0.288 e. The summed E-state index contributed by atoms with van der Waals surface area (Å²) in [6.45, 7) is 4.95. The van der Waals surface area contributed by atoms with Crippen LogP contribution in [0, 0.1) is 4.84 Å². The SMILES string of the molecule is CSc1ccc(Cc2nn(CN3CCN(C)CC3)c(=S)o2)cc1. The van der Waals surface area contributed by atoms with Crippen LogP contribution in [0.15, 0.2) is 33.6 Å². The van der Waals surface area contributed by atoms with Crippen LogP contribution >= 0.6 is 24.0 Å². The van der Waals surface area contributed by atoms with Gasteiger partial charge in [-0.05, 0) is 43.2 Å². The van der Waals surface area contributed by atoms with Crippen molar-refractivity contribution in [3.8, 4) is 0 Å². The Balaban J connectivity index is 1.64. The summed E-state index contributed by atoms with van der Waals surface area (Å²) in [6, 6.07) is 8.47. The lowest BCUT2D eigenvalue weighted by atomic mass is 10.1. The largest absolute Gasteiger partial charge is 0.414 e. The highest BCUT2D eigenvalue weighted by atomic mass is 32.2. The summed E-state index contributed by atoms with van der Waals surface area (Å²) >= 11 is 7.05. The van der Waals surface area contributed by atoms with Crippen LogP contribution < -0.4 is 0 Å². The molecule has 1 aromatic carbocycles. The molecule has 0 radical (unpaired) electrons. The van der Waals surface area contributed by atoms with E-state index in [9.17, 15) is 0 Å². The maximum absolute atomic E-state index is 5.66. The third kappa shape index (κ3) is 4.44.